The van der Waals surface area contributed by atoms with Gasteiger partial charge in [-0.15, -0.1) is 10.2 Å². The fourth-order valence-corrected chi connectivity index (χ4v) is 1.50. The number of amides is 1. The lowest BCUT2D eigenvalue weighted by Gasteiger charge is -2.20. The van der Waals surface area contributed by atoms with Gasteiger partial charge < -0.3 is 14.9 Å². The zero-order chi connectivity index (χ0) is 14.4. The van der Waals surface area contributed by atoms with Crippen molar-refractivity contribution >= 4 is 17.7 Å². The topological polar surface area (TPSA) is 86.6 Å². The summed E-state index contributed by atoms with van der Waals surface area (Å²) in [5.41, 5.74) is 0.267. The molecule has 0 saturated carbocycles. The highest BCUT2D eigenvalue weighted by molar-refractivity contribution is 5.91. The maximum Gasteiger partial charge on any atom is 0.305 e. The molecule has 1 aromatic heterocycles. The summed E-state index contributed by atoms with van der Waals surface area (Å²) in [5, 5.41) is 16.5. The summed E-state index contributed by atoms with van der Waals surface area (Å²) < 4.78 is 0. The molecule has 0 aliphatic heterocycles. The second-order valence-corrected chi connectivity index (χ2v) is 4.20. The molecule has 0 aromatic carbocycles. The summed E-state index contributed by atoms with van der Waals surface area (Å²) in [7, 11) is 3.28. The van der Waals surface area contributed by atoms with E-state index in [0.717, 1.165) is 0 Å². The Balaban J connectivity index is 2.78. The lowest BCUT2D eigenvalue weighted by molar-refractivity contribution is -0.136. The third-order valence-corrected chi connectivity index (χ3v) is 2.58. The van der Waals surface area contributed by atoms with E-state index in [0.29, 0.717) is 18.9 Å². The van der Waals surface area contributed by atoms with Gasteiger partial charge >= 0.3 is 5.97 Å². The van der Waals surface area contributed by atoms with Gasteiger partial charge in [0.1, 0.15) is 0 Å². The number of carboxylic acids is 1. The molecule has 0 bridgehead atoms. The van der Waals surface area contributed by atoms with Crippen LogP contribution in [0.4, 0.5) is 5.82 Å². The summed E-state index contributed by atoms with van der Waals surface area (Å²) in [4.78, 5) is 25.4. The average Bonchev–Trinajstić information content (AvgIpc) is 2.39. The number of rotatable bonds is 6. The first-order valence-corrected chi connectivity index (χ1v) is 5.97. The van der Waals surface area contributed by atoms with E-state index in [4.69, 9.17) is 5.11 Å². The molecule has 0 aliphatic carbocycles. The Morgan fingerprint density at radius 3 is 2.37 bits per heavy atom. The predicted molar refractivity (Wildman–Crippen MR) is 70.2 cm³/mol. The quantitative estimate of drug-likeness (QED) is 0.806. The predicted octanol–water partition coefficient (Wildman–Crippen LogP) is 0.479. The van der Waals surface area contributed by atoms with Crippen LogP contribution in [0, 0.1) is 0 Å². The number of hydrogen-bond donors (Lipinski definition) is 1. The minimum absolute atomic E-state index is 0.0356. The van der Waals surface area contributed by atoms with Crippen LogP contribution < -0.4 is 4.90 Å². The Labute approximate surface area is 111 Å². The number of aliphatic carboxylic acids is 1. The summed E-state index contributed by atoms with van der Waals surface area (Å²) in [6.45, 7) is 2.90. The zero-order valence-corrected chi connectivity index (χ0v) is 11.3. The highest BCUT2D eigenvalue weighted by atomic mass is 16.4. The Morgan fingerprint density at radius 2 is 1.95 bits per heavy atom. The maximum absolute atomic E-state index is 11.6. The molecule has 0 unspecified atom stereocenters. The molecule has 104 valence electrons. The van der Waals surface area contributed by atoms with Gasteiger partial charge in [0, 0.05) is 27.2 Å². The van der Waals surface area contributed by atoms with Crippen molar-refractivity contribution in [2.45, 2.75) is 13.3 Å². The molecule has 1 N–H and O–H groups in total. The summed E-state index contributed by atoms with van der Waals surface area (Å²) in [6, 6.07) is 3.27. The van der Waals surface area contributed by atoms with Crippen LogP contribution in [-0.4, -0.2) is 59.3 Å². The van der Waals surface area contributed by atoms with E-state index in [9.17, 15) is 9.59 Å². The van der Waals surface area contributed by atoms with Gasteiger partial charge in [-0.3, -0.25) is 9.59 Å². The maximum atomic E-state index is 11.6. The normalized spacial score (nSPS) is 10.1. The van der Waals surface area contributed by atoms with Crippen LogP contribution in [0.25, 0.3) is 0 Å². The van der Waals surface area contributed by atoms with Gasteiger partial charge in [-0.05, 0) is 19.1 Å². The first-order chi connectivity index (χ1) is 8.95. The molecule has 1 rings (SSSR count). The minimum Gasteiger partial charge on any atom is -0.481 e. The van der Waals surface area contributed by atoms with Crippen LogP contribution in [-0.2, 0) is 4.79 Å². The van der Waals surface area contributed by atoms with Crippen molar-refractivity contribution in [2.24, 2.45) is 0 Å². The van der Waals surface area contributed by atoms with Crippen molar-refractivity contribution in [3.63, 3.8) is 0 Å². The molecule has 7 heteroatoms. The standard InChI is InChI=1S/C12H18N4O3/c1-4-16(8-7-11(17)18)10-6-5-9(13-14-10)12(19)15(2)3/h5-6H,4,7-8H2,1-3H3,(H,17,18). The fourth-order valence-electron chi connectivity index (χ4n) is 1.50. The van der Waals surface area contributed by atoms with Gasteiger partial charge in [-0.2, -0.15) is 0 Å². The smallest absolute Gasteiger partial charge is 0.305 e. The lowest BCUT2D eigenvalue weighted by Crippen LogP contribution is -2.28. The van der Waals surface area contributed by atoms with Crippen LogP contribution in [0.5, 0.6) is 0 Å². The van der Waals surface area contributed by atoms with E-state index < -0.39 is 5.97 Å². The fraction of sp³-hybridized carbons (Fsp3) is 0.500. The van der Waals surface area contributed by atoms with E-state index in [1.54, 1.807) is 31.1 Å². The van der Waals surface area contributed by atoms with Crippen molar-refractivity contribution < 1.29 is 14.7 Å². The molecule has 0 fully saturated rings. The van der Waals surface area contributed by atoms with Crippen molar-refractivity contribution in [1.82, 2.24) is 15.1 Å². The number of aromatic nitrogens is 2. The molecule has 19 heavy (non-hydrogen) atoms. The Morgan fingerprint density at radius 1 is 1.26 bits per heavy atom. The Hall–Kier alpha value is -2.18. The van der Waals surface area contributed by atoms with Crippen molar-refractivity contribution in [3.05, 3.63) is 17.8 Å². The van der Waals surface area contributed by atoms with E-state index in [1.165, 1.54) is 4.90 Å². The molecule has 0 saturated heterocycles. The molecular formula is C12H18N4O3. The molecule has 1 aromatic rings. The Bertz CT molecular complexity index is 445. The number of anilines is 1. The van der Waals surface area contributed by atoms with Gasteiger partial charge in [0.2, 0.25) is 0 Å². The van der Waals surface area contributed by atoms with Crippen molar-refractivity contribution in [1.29, 1.82) is 0 Å². The summed E-state index contributed by atoms with van der Waals surface area (Å²) in [6.07, 6.45) is 0.0356. The second kappa shape index (κ2) is 6.67. The highest BCUT2D eigenvalue weighted by Gasteiger charge is 2.13. The molecule has 1 heterocycles. The Kier molecular flexibility index (Phi) is 5.23. The molecular weight excluding hydrogens is 248 g/mol. The monoisotopic (exact) mass is 266 g/mol. The van der Waals surface area contributed by atoms with Crippen molar-refractivity contribution in [3.8, 4) is 0 Å². The molecule has 0 spiro atoms. The van der Waals surface area contributed by atoms with Crippen LogP contribution >= 0.6 is 0 Å². The number of carbonyl (C=O) groups excluding carboxylic acids is 1. The molecule has 0 atom stereocenters. The van der Waals surface area contributed by atoms with E-state index in [1.807, 2.05) is 6.92 Å². The van der Waals surface area contributed by atoms with Crippen LogP contribution in [0.2, 0.25) is 0 Å². The van der Waals surface area contributed by atoms with Crippen LogP contribution in [0.1, 0.15) is 23.8 Å². The van der Waals surface area contributed by atoms with Gasteiger partial charge in [0.05, 0.1) is 6.42 Å². The molecule has 1 amide bonds. The minimum atomic E-state index is -0.856. The van der Waals surface area contributed by atoms with Gasteiger partial charge in [-0.1, -0.05) is 0 Å². The van der Waals surface area contributed by atoms with Crippen molar-refractivity contribution in [2.75, 3.05) is 32.1 Å². The van der Waals surface area contributed by atoms with Gasteiger partial charge in [-0.25, -0.2) is 0 Å². The second-order valence-electron chi connectivity index (χ2n) is 4.20. The van der Waals surface area contributed by atoms with E-state index >= 15 is 0 Å². The highest BCUT2D eigenvalue weighted by Crippen LogP contribution is 2.10. The summed E-state index contributed by atoms with van der Waals surface area (Å²) >= 11 is 0. The third kappa shape index (κ3) is 4.20. The molecule has 7 nitrogen and oxygen atoms in total. The number of nitrogens with zero attached hydrogens (tertiary/aromatic N) is 4. The largest absolute Gasteiger partial charge is 0.481 e. The first kappa shape index (κ1) is 14.9. The van der Waals surface area contributed by atoms with Gasteiger partial charge in [0.15, 0.2) is 11.5 Å². The third-order valence-electron chi connectivity index (χ3n) is 2.58. The number of hydrogen-bond acceptors (Lipinski definition) is 5. The van der Waals surface area contributed by atoms with E-state index in [-0.39, 0.29) is 18.0 Å². The first-order valence-electron chi connectivity index (χ1n) is 5.97. The van der Waals surface area contributed by atoms with E-state index in [2.05, 4.69) is 10.2 Å². The number of carbonyl (C=O) groups is 2. The summed E-state index contributed by atoms with van der Waals surface area (Å²) in [5.74, 6) is -0.502. The van der Waals surface area contributed by atoms with Crippen LogP contribution in [0.15, 0.2) is 12.1 Å². The average molecular weight is 266 g/mol. The number of carboxylic acid groups (broad SMARTS) is 1. The SMILES string of the molecule is CCN(CCC(=O)O)c1ccc(C(=O)N(C)C)nn1. The molecule has 0 aliphatic rings. The van der Waals surface area contributed by atoms with Crippen LogP contribution in [0.3, 0.4) is 0 Å². The zero-order valence-electron chi connectivity index (χ0n) is 11.3. The molecule has 0 radical (unpaired) electrons. The van der Waals surface area contributed by atoms with Gasteiger partial charge in [0.25, 0.3) is 5.91 Å². The lowest BCUT2D eigenvalue weighted by atomic mass is 10.3.